The van der Waals surface area contributed by atoms with Crippen molar-refractivity contribution in [1.82, 2.24) is 5.32 Å². The van der Waals surface area contributed by atoms with Gasteiger partial charge in [0.15, 0.2) is 0 Å². The second-order valence-corrected chi connectivity index (χ2v) is 8.67. The number of hydrogen-bond acceptors (Lipinski definition) is 5. The Kier molecular flexibility index (Phi) is 7.55. The number of aryl methyl sites for hydroxylation is 1. The highest BCUT2D eigenvalue weighted by Crippen LogP contribution is 2.27. The van der Waals surface area contributed by atoms with E-state index in [4.69, 9.17) is 0 Å². The Morgan fingerprint density at radius 2 is 1.92 bits per heavy atom. The number of amides is 1. The molecule has 1 aromatic rings. The van der Waals surface area contributed by atoms with Crippen molar-refractivity contribution in [2.24, 2.45) is 5.92 Å². The molecular formula is C17H27N3O5S. The molecule has 26 heavy (non-hydrogen) atoms. The Morgan fingerprint density at radius 3 is 2.42 bits per heavy atom. The molecule has 146 valence electrons. The molecule has 0 spiro atoms. The van der Waals surface area contributed by atoms with Gasteiger partial charge in [-0.2, -0.15) is 0 Å². The number of nitro groups is 1. The molecule has 0 aliphatic carbocycles. The number of benzene rings is 1. The topological polar surface area (TPSA) is 110 Å². The van der Waals surface area contributed by atoms with E-state index in [1.165, 1.54) is 18.2 Å². The molecule has 1 aromatic carbocycles. The molecule has 0 saturated carbocycles. The van der Waals surface area contributed by atoms with Crippen LogP contribution in [0.3, 0.4) is 0 Å². The van der Waals surface area contributed by atoms with E-state index in [-0.39, 0.29) is 36.3 Å². The van der Waals surface area contributed by atoms with E-state index in [0.717, 1.165) is 10.6 Å². The summed E-state index contributed by atoms with van der Waals surface area (Å²) in [5, 5.41) is 13.9. The SMILES string of the molecule is Cc1ccc([N+](=O)[O-])cc1N(CCCC(=O)N[C@@H](C)C(C)C)S(C)(=O)=O. The molecule has 9 heteroatoms. The molecule has 1 N–H and O–H groups in total. The lowest BCUT2D eigenvalue weighted by molar-refractivity contribution is -0.384. The molecule has 0 aromatic heterocycles. The maximum absolute atomic E-state index is 12.2. The summed E-state index contributed by atoms with van der Waals surface area (Å²) in [6.07, 6.45) is 1.54. The van der Waals surface area contributed by atoms with Crippen LogP contribution in [0.1, 0.15) is 39.2 Å². The number of sulfonamides is 1. The molecule has 0 bridgehead atoms. The van der Waals surface area contributed by atoms with E-state index in [1.54, 1.807) is 6.92 Å². The van der Waals surface area contributed by atoms with Gasteiger partial charge in [-0.3, -0.25) is 19.2 Å². The summed E-state index contributed by atoms with van der Waals surface area (Å²) in [4.78, 5) is 22.4. The van der Waals surface area contributed by atoms with Gasteiger partial charge >= 0.3 is 0 Å². The maximum atomic E-state index is 12.2. The molecule has 0 heterocycles. The van der Waals surface area contributed by atoms with E-state index in [2.05, 4.69) is 5.32 Å². The van der Waals surface area contributed by atoms with Gasteiger partial charge in [-0.15, -0.1) is 0 Å². The van der Waals surface area contributed by atoms with Gasteiger partial charge in [-0.1, -0.05) is 19.9 Å². The lowest BCUT2D eigenvalue weighted by Crippen LogP contribution is -2.37. The number of carbonyl (C=O) groups excluding carboxylic acids is 1. The fourth-order valence-electron chi connectivity index (χ4n) is 2.32. The van der Waals surface area contributed by atoms with Crippen molar-refractivity contribution >= 4 is 27.3 Å². The summed E-state index contributed by atoms with van der Waals surface area (Å²) in [6.45, 7) is 7.68. The van der Waals surface area contributed by atoms with Crippen molar-refractivity contribution in [3.05, 3.63) is 33.9 Å². The maximum Gasteiger partial charge on any atom is 0.271 e. The molecular weight excluding hydrogens is 358 g/mol. The van der Waals surface area contributed by atoms with Crippen molar-refractivity contribution < 1.29 is 18.1 Å². The van der Waals surface area contributed by atoms with Gasteiger partial charge in [-0.25, -0.2) is 8.42 Å². The standard InChI is InChI=1S/C17H27N3O5S/c1-12(2)14(4)18-17(21)7-6-10-19(26(5,24)25)16-11-15(20(22)23)9-8-13(16)3/h8-9,11-12,14H,6-7,10H2,1-5H3,(H,18,21)/t14-/m0/s1. The highest BCUT2D eigenvalue weighted by atomic mass is 32.2. The number of carbonyl (C=O) groups is 1. The third-order valence-corrected chi connectivity index (χ3v) is 5.41. The first-order valence-corrected chi connectivity index (χ1v) is 10.3. The fourth-order valence-corrected chi connectivity index (χ4v) is 3.34. The normalized spacial score (nSPS) is 12.7. The number of rotatable bonds is 9. The number of anilines is 1. The van der Waals surface area contributed by atoms with Crippen LogP contribution in [0, 0.1) is 23.0 Å². The predicted molar refractivity (Wildman–Crippen MR) is 102 cm³/mol. The predicted octanol–water partition coefficient (Wildman–Crippen LogP) is 2.61. The minimum atomic E-state index is -3.64. The van der Waals surface area contributed by atoms with Gasteiger partial charge in [0.05, 0.1) is 16.9 Å². The summed E-state index contributed by atoms with van der Waals surface area (Å²) in [5.41, 5.74) is 0.694. The van der Waals surface area contributed by atoms with Crippen molar-refractivity contribution in [3.63, 3.8) is 0 Å². The highest BCUT2D eigenvalue weighted by molar-refractivity contribution is 7.92. The molecule has 1 atom stereocenters. The number of nitrogens with zero attached hydrogens (tertiary/aromatic N) is 2. The van der Waals surface area contributed by atoms with Crippen molar-refractivity contribution in [3.8, 4) is 0 Å². The van der Waals surface area contributed by atoms with Gasteiger partial charge in [-0.05, 0) is 31.7 Å². The summed E-state index contributed by atoms with van der Waals surface area (Å²) in [5.74, 6) is 0.161. The minimum absolute atomic E-state index is 0.0347. The van der Waals surface area contributed by atoms with Gasteiger partial charge in [0.2, 0.25) is 15.9 Å². The molecule has 1 amide bonds. The zero-order valence-corrected chi connectivity index (χ0v) is 16.7. The Balaban J connectivity index is 2.89. The van der Waals surface area contributed by atoms with Crippen LogP contribution in [-0.2, 0) is 14.8 Å². The number of non-ortho nitro benzene ring substituents is 1. The zero-order valence-electron chi connectivity index (χ0n) is 15.9. The van der Waals surface area contributed by atoms with E-state index < -0.39 is 14.9 Å². The molecule has 0 aliphatic rings. The van der Waals surface area contributed by atoms with Gasteiger partial charge < -0.3 is 5.32 Å². The largest absolute Gasteiger partial charge is 0.353 e. The summed E-state index contributed by atoms with van der Waals surface area (Å²) >= 11 is 0. The Hall–Kier alpha value is -2.16. The van der Waals surface area contributed by atoms with Crippen LogP contribution in [0.15, 0.2) is 18.2 Å². The van der Waals surface area contributed by atoms with Gasteiger partial charge in [0.25, 0.3) is 5.69 Å². The average molecular weight is 385 g/mol. The van der Waals surface area contributed by atoms with Crippen LogP contribution in [0.4, 0.5) is 11.4 Å². The summed E-state index contributed by atoms with van der Waals surface area (Å²) < 4.78 is 25.4. The van der Waals surface area contributed by atoms with Gasteiger partial charge in [0.1, 0.15) is 0 Å². The van der Waals surface area contributed by atoms with Crippen LogP contribution in [0.2, 0.25) is 0 Å². The van der Waals surface area contributed by atoms with Crippen molar-refractivity contribution in [1.29, 1.82) is 0 Å². The molecule has 0 aliphatic heterocycles. The average Bonchev–Trinajstić information content (AvgIpc) is 2.51. The molecule has 8 nitrogen and oxygen atoms in total. The number of nitrogens with one attached hydrogen (secondary N) is 1. The van der Waals surface area contributed by atoms with Crippen LogP contribution in [0.25, 0.3) is 0 Å². The third-order valence-electron chi connectivity index (χ3n) is 4.23. The second-order valence-electron chi connectivity index (χ2n) is 6.77. The van der Waals surface area contributed by atoms with Crippen LogP contribution < -0.4 is 9.62 Å². The molecule has 0 unspecified atom stereocenters. The van der Waals surface area contributed by atoms with E-state index in [0.29, 0.717) is 17.9 Å². The number of hydrogen-bond donors (Lipinski definition) is 1. The smallest absolute Gasteiger partial charge is 0.271 e. The fraction of sp³-hybridized carbons (Fsp3) is 0.588. The van der Waals surface area contributed by atoms with E-state index in [1.807, 2.05) is 20.8 Å². The van der Waals surface area contributed by atoms with Crippen LogP contribution >= 0.6 is 0 Å². The van der Waals surface area contributed by atoms with E-state index in [9.17, 15) is 23.3 Å². The van der Waals surface area contributed by atoms with Gasteiger partial charge in [0, 0.05) is 31.1 Å². The van der Waals surface area contributed by atoms with Crippen LogP contribution in [-0.4, -0.2) is 38.1 Å². The molecule has 0 radical (unpaired) electrons. The molecule has 0 fully saturated rings. The van der Waals surface area contributed by atoms with E-state index >= 15 is 0 Å². The Morgan fingerprint density at radius 1 is 1.31 bits per heavy atom. The lowest BCUT2D eigenvalue weighted by Gasteiger charge is -2.24. The number of nitro benzene ring substituents is 1. The minimum Gasteiger partial charge on any atom is -0.353 e. The first-order valence-electron chi connectivity index (χ1n) is 8.45. The first kappa shape index (κ1) is 21.9. The Bertz CT molecular complexity index is 762. The van der Waals surface area contributed by atoms with Crippen molar-refractivity contribution in [2.75, 3.05) is 17.1 Å². The third kappa shape index (κ3) is 6.29. The Labute approximate surface area is 154 Å². The summed E-state index contributed by atoms with van der Waals surface area (Å²) in [6, 6.07) is 4.13. The second kappa shape index (κ2) is 8.98. The zero-order chi connectivity index (χ0) is 20.1. The summed E-state index contributed by atoms with van der Waals surface area (Å²) in [7, 11) is -3.64. The first-order chi connectivity index (χ1) is 11.9. The molecule has 0 saturated heterocycles. The monoisotopic (exact) mass is 385 g/mol. The quantitative estimate of drug-likeness (QED) is 0.519. The molecule has 1 rings (SSSR count). The van der Waals surface area contributed by atoms with Crippen LogP contribution in [0.5, 0.6) is 0 Å². The lowest BCUT2D eigenvalue weighted by atomic mass is 10.1. The van der Waals surface area contributed by atoms with Crippen molar-refractivity contribution in [2.45, 2.75) is 46.6 Å². The highest BCUT2D eigenvalue weighted by Gasteiger charge is 2.22.